The van der Waals surface area contributed by atoms with Crippen molar-refractivity contribution in [3.63, 3.8) is 0 Å². The van der Waals surface area contributed by atoms with Crippen molar-refractivity contribution in [2.45, 2.75) is 13.8 Å². The minimum atomic E-state index is -0.231. The van der Waals surface area contributed by atoms with Crippen LogP contribution < -0.4 is 9.75 Å². The van der Waals surface area contributed by atoms with Gasteiger partial charge in [-0.25, -0.2) is 0 Å². The first-order valence-electron chi connectivity index (χ1n) is 7.93. The number of hydrogen-bond acceptors (Lipinski definition) is 4. The summed E-state index contributed by atoms with van der Waals surface area (Å²) < 4.78 is 6.10. The van der Waals surface area contributed by atoms with Crippen LogP contribution in [0.3, 0.4) is 0 Å². The van der Waals surface area contributed by atoms with Crippen molar-refractivity contribution < 1.29 is 14.6 Å². The van der Waals surface area contributed by atoms with Crippen LogP contribution >= 0.6 is 34.2 Å². The summed E-state index contributed by atoms with van der Waals surface area (Å²) >= 11 is 8.04. The zero-order chi connectivity index (χ0) is 18.8. The third-order valence-corrected chi connectivity index (χ3v) is 4.83. The van der Waals surface area contributed by atoms with Crippen LogP contribution in [-0.2, 0) is 4.79 Å². The number of aromatic hydroxyl groups is 1. The number of hydrogen-bond donors (Lipinski definition) is 1. The second-order valence-corrected chi connectivity index (χ2v) is 7.22. The second-order valence-electron chi connectivity index (χ2n) is 5.62. The van der Waals surface area contributed by atoms with Gasteiger partial charge >= 0.3 is 0 Å². The number of halogens is 2. The Balaban J connectivity index is 1.98. The number of phenols is 1. The number of hydrazone groups is 1. The smallest absolute Gasteiger partial charge is 0.280 e. The Labute approximate surface area is 170 Å². The van der Waals surface area contributed by atoms with Crippen LogP contribution in [0.5, 0.6) is 11.5 Å². The fraction of sp³-hybridized carbons (Fsp3) is 0.158. The zero-order valence-electron chi connectivity index (χ0n) is 14.2. The summed E-state index contributed by atoms with van der Waals surface area (Å²) in [6.07, 6.45) is 1.75. The topological polar surface area (TPSA) is 62.1 Å². The normalized spacial score (nSPS) is 15.5. The molecule has 1 aliphatic rings. The Morgan fingerprint density at radius 1 is 1.35 bits per heavy atom. The maximum Gasteiger partial charge on any atom is 0.280 e. The minimum Gasteiger partial charge on any atom is -0.504 e. The Morgan fingerprint density at radius 2 is 2.12 bits per heavy atom. The zero-order valence-corrected chi connectivity index (χ0v) is 17.1. The molecule has 2 aromatic rings. The van der Waals surface area contributed by atoms with Crippen LogP contribution in [0.25, 0.3) is 6.08 Å². The van der Waals surface area contributed by atoms with Gasteiger partial charge in [0.05, 0.1) is 27.1 Å². The fourth-order valence-electron chi connectivity index (χ4n) is 2.58. The van der Waals surface area contributed by atoms with Crippen molar-refractivity contribution in [3.05, 3.63) is 56.1 Å². The molecule has 0 aromatic heterocycles. The summed E-state index contributed by atoms with van der Waals surface area (Å²) in [7, 11) is 0. The molecule has 0 aliphatic carbocycles. The average Bonchev–Trinajstić information content (AvgIpc) is 2.87. The molecular formula is C19H16ClIN2O3. The van der Waals surface area contributed by atoms with E-state index in [0.717, 1.165) is 5.56 Å². The highest BCUT2D eigenvalue weighted by atomic mass is 127. The lowest BCUT2D eigenvalue weighted by Gasteiger charge is -2.12. The summed E-state index contributed by atoms with van der Waals surface area (Å²) in [4.78, 5) is 12.8. The predicted octanol–water partition coefficient (Wildman–Crippen LogP) is 4.86. The summed E-state index contributed by atoms with van der Waals surface area (Å²) in [5.41, 5.74) is 2.45. The highest BCUT2D eigenvalue weighted by Gasteiger charge is 2.29. The van der Waals surface area contributed by atoms with Gasteiger partial charge in [0.25, 0.3) is 5.91 Å². The molecule has 0 atom stereocenters. The van der Waals surface area contributed by atoms with Gasteiger partial charge in [-0.15, -0.1) is 0 Å². The van der Waals surface area contributed by atoms with Crippen LogP contribution in [0.4, 0.5) is 5.69 Å². The lowest BCUT2D eigenvalue weighted by molar-refractivity contribution is -0.114. The monoisotopic (exact) mass is 482 g/mol. The maximum absolute atomic E-state index is 12.8. The summed E-state index contributed by atoms with van der Waals surface area (Å²) in [6, 6.07) is 10.5. The molecular weight excluding hydrogens is 467 g/mol. The second kappa shape index (κ2) is 7.67. The SMILES string of the molecule is CCOc1cc(/C=C2/C(=O)N(c3cccc(Cl)c3)N=C2C)cc(I)c1O. The van der Waals surface area contributed by atoms with Gasteiger partial charge in [-0.05, 0) is 78.4 Å². The van der Waals surface area contributed by atoms with Gasteiger partial charge in [-0.1, -0.05) is 17.7 Å². The van der Waals surface area contributed by atoms with Crippen molar-refractivity contribution in [2.24, 2.45) is 5.10 Å². The van der Waals surface area contributed by atoms with E-state index in [9.17, 15) is 9.90 Å². The fourth-order valence-corrected chi connectivity index (χ4v) is 3.39. The lowest BCUT2D eigenvalue weighted by atomic mass is 10.1. The molecule has 0 bridgehead atoms. The molecule has 0 spiro atoms. The van der Waals surface area contributed by atoms with Crippen molar-refractivity contribution in [3.8, 4) is 11.5 Å². The molecule has 5 nitrogen and oxygen atoms in total. The predicted molar refractivity (Wildman–Crippen MR) is 112 cm³/mol. The first-order valence-corrected chi connectivity index (χ1v) is 9.39. The number of carbonyl (C=O) groups excluding carboxylic acids is 1. The number of nitrogens with zero attached hydrogens (tertiary/aromatic N) is 2. The van der Waals surface area contributed by atoms with E-state index in [4.69, 9.17) is 16.3 Å². The highest BCUT2D eigenvalue weighted by Crippen LogP contribution is 2.34. The standard InChI is InChI=1S/C19H16ClIN2O3/c1-3-26-17-9-12(8-16(21)18(17)24)7-15-11(2)22-23(19(15)25)14-6-4-5-13(20)10-14/h4-10,24H,3H2,1-2H3/b15-7+. The lowest BCUT2D eigenvalue weighted by Crippen LogP contribution is -2.21. The Kier molecular flexibility index (Phi) is 5.52. The Bertz CT molecular complexity index is 940. The average molecular weight is 483 g/mol. The van der Waals surface area contributed by atoms with Gasteiger partial charge in [0.1, 0.15) is 0 Å². The van der Waals surface area contributed by atoms with Crippen molar-refractivity contribution in [1.82, 2.24) is 0 Å². The number of rotatable bonds is 4. The van der Waals surface area contributed by atoms with Crippen molar-refractivity contribution in [2.75, 3.05) is 11.6 Å². The molecule has 0 radical (unpaired) electrons. The third kappa shape index (κ3) is 3.71. The van der Waals surface area contributed by atoms with Crippen LogP contribution in [0.2, 0.25) is 5.02 Å². The molecule has 1 heterocycles. The van der Waals surface area contributed by atoms with Gasteiger partial charge in [0.2, 0.25) is 0 Å². The highest BCUT2D eigenvalue weighted by molar-refractivity contribution is 14.1. The number of anilines is 1. The summed E-state index contributed by atoms with van der Waals surface area (Å²) in [6.45, 7) is 4.06. The molecule has 0 saturated carbocycles. The molecule has 134 valence electrons. The number of ether oxygens (including phenoxy) is 1. The largest absolute Gasteiger partial charge is 0.504 e. The van der Waals surface area contributed by atoms with E-state index in [1.54, 1.807) is 49.4 Å². The third-order valence-electron chi connectivity index (χ3n) is 3.78. The van der Waals surface area contributed by atoms with Crippen LogP contribution in [0, 0.1) is 3.57 Å². The Hall–Kier alpha value is -2.06. The number of benzene rings is 2. The molecule has 0 unspecified atom stereocenters. The van der Waals surface area contributed by atoms with Crippen molar-refractivity contribution >= 4 is 57.6 Å². The number of amides is 1. The van der Waals surface area contributed by atoms with Gasteiger partial charge in [-0.2, -0.15) is 10.1 Å². The molecule has 0 saturated heterocycles. The van der Waals surface area contributed by atoms with E-state index in [1.807, 2.05) is 29.5 Å². The van der Waals surface area contributed by atoms with Crippen LogP contribution in [0.15, 0.2) is 47.1 Å². The first kappa shape index (κ1) is 18.7. The molecule has 26 heavy (non-hydrogen) atoms. The quantitative estimate of drug-likeness (QED) is 0.500. The van der Waals surface area contributed by atoms with Gasteiger partial charge in [-0.3, -0.25) is 4.79 Å². The van der Waals surface area contributed by atoms with E-state index in [1.165, 1.54) is 5.01 Å². The van der Waals surface area contributed by atoms with E-state index >= 15 is 0 Å². The Morgan fingerprint density at radius 3 is 2.81 bits per heavy atom. The molecule has 1 amide bonds. The van der Waals surface area contributed by atoms with E-state index < -0.39 is 0 Å². The van der Waals surface area contributed by atoms with Gasteiger partial charge < -0.3 is 9.84 Å². The van der Waals surface area contributed by atoms with Crippen molar-refractivity contribution in [1.29, 1.82) is 0 Å². The van der Waals surface area contributed by atoms with Crippen LogP contribution in [-0.4, -0.2) is 23.3 Å². The number of phenolic OH excluding ortho intramolecular Hbond substituents is 1. The molecule has 1 aliphatic heterocycles. The summed E-state index contributed by atoms with van der Waals surface area (Å²) in [5, 5.41) is 16.3. The molecule has 1 N–H and O–H groups in total. The molecule has 2 aromatic carbocycles. The first-order chi connectivity index (χ1) is 12.4. The molecule has 0 fully saturated rings. The number of carbonyl (C=O) groups is 1. The van der Waals surface area contributed by atoms with Gasteiger partial charge in [0, 0.05) is 5.02 Å². The van der Waals surface area contributed by atoms with E-state index in [0.29, 0.717) is 37.9 Å². The van der Waals surface area contributed by atoms with Gasteiger partial charge in [0.15, 0.2) is 11.5 Å². The van der Waals surface area contributed by atoms with E-state index in [2.05, 4.69) is 5.10 Å². The molecule has 3 rings (SSSR count). The molecule has 7 heteroatoms. The van der Waals surface area contributed by atoms with E-state index in [-0.39, 0.29) is 11.7 Å². The maximum atomic E-state index is 12.8. The summed E-state index contributed by atoms with van der Waals surface area (Å²) in [5.74, 6) is 0.252. The minimum absolute atomic E-state index is 0.0956. The van der Waals surface area contributed by atoms with Crippen LogP contribution in [0.1, 0.15) is 19.4 Å².